The topological polar surface area (TPSA) is 65.0 Å². The summed E-state index contributed by atoms with van der Waals surface area (Å²) in [4.78, 5) is 11.5. The van der Waals surface area contributed by atoms with E-state index in [-0.39, 0.29) is 6.10 Å². The quantitative estimate of drug-likeness (QED) is 0.892. The van der Waals surface area contributed by atoms with Crippen LogP contribution in [0, 0.1) is 0 Å². The summed E-state index contributed by atoms with van der Waals surface area (Å²) in [5, 5.41) is 9.44. The first-order valence-corrected chi connectivity index (χ1v) is 6.82. The van der Waals surface area contributed by atoms with Crippen molar-refractivity contribution in [3.8, 4) is 11.5 Å². The Morgan fingerprint density at radius 1 is 1.45 bits per heavy atom. The molecule has 1 aliphatic heterocycles. The van der Waals surface area contributed by atoms with E-state index in [1.807, 2.05) is 18.2 Å². The Kier molecular flexibility index (Phi) is 3.30. The lowest BCUT2D eigenvalue weighted by Crippen LogP contribution is -2.21. The Balaban J connectivity index is 1.93. The highest BCUT2D eigenvalue weighted by molar-refractivity contribution is 5.86. The molecule has 2 fully saturated rings. The van der Waals surface area contributed by atoms with Gasteiger partial charge in [-0.25, -0.2) is 0 Å². The first kappa shape index (κ1) is 13.2. The lowest BCUT2D eigenvalue weighted by molar-refractivity contribution is -0.140. The monoisotopic (exact) mass is 278 g/mol. The van der Waals surface area contributed by atoms with Gasteiger partial charge in [0.2, 0.25) is 0 Å². The molecule has 1 aliphatic carbocycles. The number of rotatable bonds is 5. The average Bonchev–Trinajstić information content (AvgIpc) is 3.11. The van der Waals surface area contributed by atoms with Crippen LogP contribution < -0.4 is 9.47 Å². The number of aliphatic carboxylic acids is 1. The highest BCUT2D eigenvalue weighted by atomic mass is 16.6. The van der Waals surface area contributed by atoms with E-state index in [0.717, 1.165) is 6.42 Å². The van der Waals surface area contributed by atoms with Gasteiger partial charge in [0.05, 0.1) is 25.7 Å². The maximum Gasteiger partial charge on any atom is 0.314 e. The second kappa shape index (κ2) is 4.98. The number of methoxy groups -OCH3 is 1. The largest absolute Gasteiger partial charge is 0.493 e. The van der Waals surface area contributed by atoms with E-state index in [2.05, 4.69) is 0 Å². The number of benzene rings is 1. The summed E-state index contributed by atoms with van der Waals surface area (Å²) in [6.07, 6.45) is 2.15. The Bertz CT molecular complexity index is 515. The molecule has 0 aromatic heterocycles. The molecule has 1 atom stereocenters. The second-order valence-electron chi connectivity index (χ2n) is 5.33. The molecule has 1 N–H and O–H groups in total. The zero-order valence-electron chi connectivity index (χ0n) is 11.4. The Morgan fingerprint density at radius 2 is 2.25 bits per heavy atom. The van der Waals surface area contributed by atoms with Gasteiger partial charge in [0.15, 0.2) is 11.5 Å². The fraction of sp³-hybridized carbons (Fsp3) is 0.533. The third-order valence-corrected chi connectivity index (χ3v) is 4.04. The van der Waals surface area contributed by atoms with E-state index in [4.69, 9.17) is 14.2 Å². The highest BCUT2D eigenvalue weighted by Crippen LogP contribution is 2.53. The summed E-state index contributed by atoms with van der Waals surface area (Å²) >= 11 is 0. The summed E-state index contributed by atoms with van der Waals surface area (Å²) in [7, 11) is 1.55. The van der Waals surface area contributed by atoms with Crippen LogP contribution in [-0.2, 0) is 14.9 Å². The molecule has 108 valence electrons. The van der Waals surface area contributed by atoms with Crippen LogP contribution in [0.5, 0.6) is 11.5 Å². The number of carboxylic acids is 1. The SMILES string of the molecule is COc1c(OC2CCOC2)cccc1C1(C(=O)O)CC1. The second-order valence-corrected chi connectivity index (χ2v) is 5.33. The maximum atomic E-state index is 11.5. The van der Waals surface area contributed by atoms with Crippen molar-refractivity contribution < 1.29 is 24.1 Å². The van der Waals surface area contributed by atoms with Gasteiger partial charge in [-0.2, -0.15) is 0 Å². The lowest BCUT2D eigenvalue weighted by Gasteiger charge is -2.20. The minimum atomic E-state index is -0.795. The van der Waals surface area contributed by atoms with Crippen LogP contribution in [0.25, 0.3) is 0 Å². The van der Waals surface area contributed by atoms with Gasteiger partial charge in [0.1, 0.15) is 6.10 Å². The Labute approximate surface area is 117 Å². The number of ether oxygens (including phenoxy) is 3. The minimum Gasteiger partial charge on any atom is -0.493 e. The van der Waals surface area contributed by atoms with Crippen LogP contribution in [0.1, 0.15) is 24.8 Å². The van der Waals surface area contributed by atoms with Crippen molar-refractivity contribution >= 4 is 5.97 Å². The molecule has 1 heterocycles. The van der Waals surface area contributed by atoms with Gasteiger partial charge >= 0.3 is 5.97 Å². The molecule has 0 amide bonds. The van der Waals surface area contributed by atoms with Gasteiger partial charge in [0, 0.05) is 12.0 Å². The van der Waals surface area contributed by atoms with Crippen molar-refractivity contribution in [3.05, 3.63) is 23.8 Å². The molecule has 1 aromatic carbocycles. The number of hydrogen-bond donors (Lipinski definition) is 1. The van der Waals surface area contributed by atoms with Gasteiger partial charge < -0.3 is 19.3 Å². The molecule has 20 heavy (non-hydrogen) atoms. The summed E-state index contributed by atoms with van der Waals surface area (Å²) in [5.74, 6) is 0.351. The van der Waals surface area contributed by atoms with Gasteiger partial charge in [0.25, 0.3) is 0 Å². The maximum absolute atomic E-state index is 11.5. The number of carboxylic acid groups (broad SMARTS) is 1. The molecule has 2 aliphatic rings. The first-order chi connectivity index (χ1) is 9.67. The predicted octanol–water partition coefficient (Wildman–Crippen LogP) is 1.98. The highest BCUT2D eigenvalue weighted by Gasteiger charge is 2.53. The summed E-state index contributed by atoms with van der Waals surface area (Å²) < 4.78 is 16.6. The molecule has 1 saturated carbocycles. The van der Waals surface area contributed by atoms with Crippen molar-refractivity contribution in [3.63, 3.8) is 0 Å². The predicted molar refractivity (Wildman–Crippen MR) is 71.4 cm³/mol. The first-order valence-electron chi connectivity index (χ1n) is 6.82. The molecule has 3 rings (SSSR count). The summed E-state index contributed by atoms with van der Waals surface area (Å²) in [5.41, 5.74) is -0.0828. The standard InChI is InChI=1S/C15H18O5/c1-18-13-11(15(6-7-15)14(16)17)3-2-4-12(13)20-10-5-8-19-9-10/h2-4,10H,5-9H2,1H3,(H,16,17). The smallest absolute Gasteiger partial charge is 0.314 e. The van der Waals surface area contributed by atoms with Crippen LogP contribution in [0.2, 0.25) is 0 Å². The van der Waals surface area contributed by atoms with E-state index in [9.17, 15) is 9.90 Å². The molecular weight excluding hydrogens is 260 g/mol. The molecule has 1 saturated heterocycles. The third-order valence-electron chi connectivity index (χ3n) is 4.04. The summed E-state index contributed by atoms with van der Waals surface area (Å²) in [6.45, 7) is 1.27. The molecular formula is C15H18O5. The molecule has 1 unspecified atom stereocenters. The molecule has 0 radical (unpaired) electrons. The fourth-order valence-corrected chi connectivity index (χ4v) is 2.70. The van der Waals surface area contributed by atoms with Crippen LogP contribution in [0.15, 0.2) is 18.2 Å². The minimum absolute atomic E-state index is 0.0131. The lowest BCUT2D eigenvalue weighted by atomic mass is 9.95. The zero-order valence-corrected chi connectivity index (χ0v) is 11.4. The normalized spacial score (nSPS) is 23.4. The molecule has 5 heteroatoms. The van der Waals surface area contributed by atoms with E-state index < -0.39 is 11.4 Å². The Morgan fingerprint density at radius 3 is 2.80 bits per heavy atom. The molecule has 0 bridgehead atoms. The average molecular weight is 278 g/mol. The van der Waals surface area contributed by atoms with Crippen molar-refractivity contribution in [1.82, 2.24) is 0 Å². The molecule has 5 nitrogen and oxygen atoms in total. The molecule has 0 spiro atoms. The zero-order chi connectivity index (χ0) is 14.2. The van der Waals surface area contributed by atoms with Crippen LogP contribution in [0.4, 0.5) is 0 Å². The van der Waals surface area contributed by atoms with Crippen molar-refractivity contribution in [2.75, 3.05) is 20.3 Å². The van der Waals surface area contributed by atoms with Crippen molar-refractivity contribution in [2.24, 2.45) is 0 Å². The fourth-order valence-electron chi connectivity index (χ4n) is 2.70. The number of carbonyl (C=O) groups is 1. The van der Waals surface area contributed by atoms with Crippen LogP contribution in [-0.4, -0.2) is 37.5 Å². The van der Waals surface area contributed by atoms with Crippen molar-refractivity contribution in [1.29, 1.82) is 0 Å². The number of hydrogen-bond acceptors (Lipinski definition) is 4. The van der Waals surface area contributed by atoms with E-state index in [1.165, 1.54) is 0 Å². The summed E-state index contributed by atoms with van der Waals surface area (Å²) in [6, 6.07) is 5.46. The molecule has 1 aromatic rings. The van der Waals surface area contributed by atoms with Gasteiger partial charge in [-0.1, -0.05) is 12.1 Å². The van der Waals surface area contributed by atoms with Crippen LogP contribution >= 0.6 is 0 Å². The van der Waals surface area contributed by atoms with Crippen molar-refractivity contribution in [2.45, 2.75) is 30.8 Å². The third kappa shape index (κ3) is 2.12. The van der Waals surface area contributed by atoms with E-state index in [0.29, 0.717) is 43.1 Å². The van der Waals surface area contributed by atoms with Gasteiger partial charge in [-0.15, -0.1) is 0 Å². The van der Waals surface area contributed by atoms with Gasteiger partial charge in [-0.3, -0.25) is 4.79 Å². The van der Waals surface area contributed by atoms with Crippen LogP contribution in [0.3, 0.4) is 0 Å². The van der Waals surface area contributed by atoms with E-state index in [1.54, 1.807) is 7.11 Å². The Hall–Kier alpha value is -1.75. The van der Waals surface area contributed by atoms with E-state index >= 15 is 0 Å². The number of para-hydroxylation sites is 1. The van der Waals surface area contributed by atoms with Gasteiger partial charge in [-0.05, 0) is 18.9 Å².